The largest absolute Gasteiger partial charge is 0.206 e. The molecule has 4 rings (SSSR count). The van der Waals surface area contributed by atoms with Crippen molar-refractivity contribution in [1.29, 1.82) is 0 Å². The van der Waals surface area contributed by atoms with Crippen LogP contribution in [0.1, 0.15) is 36.5 Å². The number of halogens is 3. The highest BCUT2D eigenvalue weighted by Crippen LogP contribution is 2.28. The fourth-order valence-electron chi connectivity index (χ4n) is 3.93. The molecule has 0 saturated carbocycles. The molecule has 0 atom stereocenters. The van der Waals surface area contributed by atoms with Gasteiger partial charge in [-0.3, -0.25) is 0 Å². The molecule has 3 heteroatoms. The van der Waals surface area contributed by atoms with Crippen molar-refractivity contribution in [3.8, 4) is 11.1 Å². The van der Waals surface area contributed by atoms with Crippen molar-refractivity contribution < 1.29 is 8.78 Å². The zero-order valence-electron chi connectivity index (χ0n) is 17.6. The number of fused-ring (bicyclic) bond motifs is 1. The van der Waals surface area contributed by atoms with Crippen LogP contribution in [0.2, 0.25) is 5.02 Å². The van der Waals surface area contributed by atoms with Crippen LogP contribution < -0.4 is 0 Å². The van der Waals surface area contributed by atoms with Crippen LogP contribution >= 0.6 is 11.6 Å². The second-order valence-corrected chi connectivity index (χ2v) is 8.43. The highest BCUT2D eigenvalue weighted by atomic mass is 35.5. The molecule has 0 spiro atoms. The Bertz CT molecular complexity index is 1200. The maximum atomic E-state index is 15.1. The zero-order chi connectivity index (χ0) is 21.8. The summed E-state index contributed by atoms with van der Waals surface area (Å²) in [5.74, 6) is -0.641. The Labute approximate surface area is 187 Å². The van der Waals surface area contributed by atoms with Gasteiger partial charge in [-0.25, -0.2) is 8.78 Å². The fourth-order valence-corrected chi connectivity index (χ4v) is 4.05. The van der Waals surface area contributed by atoms with E-state index in [1.165, 1.54) is 24.5 Å². The highest BCUT2D eigenvalue weighted by Gasteiger charge is 2.10. The van der Waals surface area contributed by atoms with E-state index in [0.717, 1.165) is 28.5 Å². The summed E-state index contributed by atoms with van der Waals surface area (Å²) in [6.07, 6.45) is 4.55. The quantitative estimate of drug-likeness (QED) is 0.273. The predicted octanol–water partition coefficient (Wildman–Crippen LogP) is 8.57. The van der Waals surface area contributed by atoms with Gasteiger partial charge in [-0.1, -0.05) is 79.5 Å². The van der Waals surface area contributed by atoms with Gasteiger partial charge in [0, 0.05) is 5.39 Å². The first kappa shape index (κ1) is 21.5. The summed E-state index contributed by atoms with van der Waals surface area (Å²) in [4.78, 5) is 0. The van der Waals surface area contributed by atoms with Crippen molar-refractivity contribution >= 4 is 22.4 Å². The molecule has 4 aromatic carbocycles. The van der Waals surface area contributed by atoms with Gasteiger partial charge in [0.15, 0.2) is 0 Å². The van der Waals surface area contributed by atoms with Crippen molar-refractivity contribution in [3.63, 3.8) is 0 Å². The summed E-state index contributed by atoms with van der Waals surface area (Å²) < 4.78 is 28.8. The van der Waals surface area contributed by atoms with Crippen molar-refractivity contribution in [1.82, 2.24) is 0 Å². The molecular formula is C28H25ClF2. The lowest BCUT2D eigenvalue weighted by molar-refractivity contribution is 0.617. The van der Waals surface area contributed by atoms with Gasteiger partial charge in [0.1, 0.15) is 11.6 Å². The summed E-state index contributed by atoms with van der Waals surface area (Å²) in [6, 6.07) is 23.1. The standard InChI is InChI=1S/C28H25ClF2/c1-2-3-4-19-5-9-21(10-6-19)23-14-15-25-24(18-23)13-12-22(28(25)31)11-7-20-8-16-26(29)27(30)17-20/h5-6,8-10,12-18H,2-4,7,11H2,1H3. The lowest BCUT2D eigenvalue weighted by Gasteiger charge is -2.10. The minimum absolute atomic E-state index is 0.104. The number of hydrogen-bond acceptors (Lipinski definition) is 0. The first-order valence-electron chi connectivity index (χ1n) is 10.8. The molecule has 0 amide bonds. The van der Waals surface area contributed by atoms with Crippen LogP contribution in [-0.2, 0) is 19.3 Å². The molecule has 0 radical (unpaired) electrons. The van der Waals surface area contributed by atoms with Gasteiger partial charge in [-0.05, 0) is 77.1 Å². The van der Waals surface area contributed by atoms with E-state index in [1.807, 2.05) is 30.3 Å². The Morgan fingerprint density at radius 2 is 1.45 bits per heavy atom. The molecule has 0 aliphatic rings. The van der Waals surface area contributed by atoms with Gasteiger partial charge in [0.05, 0.1) is 5.02 Å². The summed E-state index contributed by atoms with van der Waals surface area (Å²) in [5.41, 5.74) is 5.01. The van der Waals surface area contributed by atoms with Crippen molar-refractivity contribution in [2.75, 3.05) is 0 Å². The molecule has 158 valence electrons. The normalized spacial score (nSPS) is 11.2. The smallest absolute Gasteiger partial charge is 0.142 e. The molecule has 31 heavy (non-hydrogen) atoms. The second kappa shape index (κ2) is 9.62. The van der Waals surface area contributed by atoms with E-state index in [0.29, 0.717) is 23.8 Å². The number of hydrogen-bond donors (Lipinski definition) is 0. The lowest BCUT2D eigenvalue weighted by Crippen LogP contribution is -1.97. The minimum Gasteiger partial charge on any atom is -0.206 e. The summed E-state index contributed by atoms with van der Waals surface area (Å²) in [6.45, 7) is 2.20. The van der Waals surface area contributed by atoms with Crippen molar-refractivity contribution in [2.24, 2.45) is 0 Å². The van der Waals surface area contributed by atoms with Gasteiger partial charge in [-0.2, -0.15) is 0 Å². The SMILES string of the molecule is CCCCc1ccc(-c2ccc3c(F)c(CCc4ccc(Cl)c(F)c4)ccc3c2)cc1. The third-order valence-corrected chi connectivity index (χ3v) is 6.11. The molecule has 0 aliphatic heterocycles. The van der Waals surface area contributed by atoms with E-state index in [9.17, 15) is 4.39 Å². The zero-order valence-corrected chi connectivity index (χ0v) is 18.4. The topological polar surface area (TPSA) is 0 Å². The maximum Gasteiger partial charge on any atom is 0.142 e. The van der Waals surface area contributed by atoms with Crippen LogP contribution in [0, 0.1) is 11.6 Å². The molecule has 0 heterocycles. The molecular weight excluding hydrogens is 410 g/mol. The number of rotatable bonds is 7. The van der Waals surface area contributed by atoms with Gasteiger partial charge < -0.3 is 0 Å². The minimum atomic E-state index is -0.441. The Morgan fingerprint density at radius 1 is 0.710 bits per heavy atom. The first-order chi connectivity index (χ1) is 15.0. The predicted molar refractivity (Wildman–Crippen MR) is 127 cm³/mol. The number of benzene rings is 4. The highest BCUT2D eigenvalue weighted by molar-refractivity contribution is 6.30. The van der Waals surface area contributed by atoms with Gasteiger partial charge in [-0.15, -0.1) is 0 Å². The average Bonchev–Trinajstić information content (AvgIpc) is 2.79. The monoisotopic (exact) mass is 434 g/mol. The third-order valence-electron chi connectivity index (χ3n) is 5.81. The van der Waals surface area contributed by atoms with Crippen molar-refractivity contribution in [3.05, 3.63) is 106 Å². The molecule has 0 aliphatic carbocycles. The van der Waals surface area contributed by atoms with Crippen LogP contribution in [0.25, 0.3) is 21.9 Å². The molecule has 0 fully saturated rings. The molecule has 0 saturated heterocycles. The van der Waals surface area contributed by atoms with Crippen LogP contribution in [0.15, 0.2) is 72.8 Å². The van der Waals surface area contributed by atoms with E-state index in [4.69, 9.17) is 11.6 Å². The molecule has 0 bridgehead atoms. The van der Waals surface area contributed by atoms with Crippen molar-refractivity contribution in [2.45, 2.75) is 39.0 Å². The first-order valence-corrected chi connectivity index (χ1v) is 11.2. The Hall–Kier alpha value is -2.71. The van der Waals surface area contributed by atoms with E-state index in [-0.39, 0.29) is 10.8 Å². The Balaban J connectivity index is 1.54. The lowest BCUT2D eigenvalue weighted by atomic mass is 9.96. The van der Waals surface area contributed by atoms with Gasteiger partial charge in [0.25, 0.3) is 0 Å². The summed E-state index contributed by atoms with van der Waals surface area (Å²) >= 11 is 5.74. The van der Waals surface area contributed by atoms with Gasteiger partial charge >= 0.3 is 0 Å². The molecule has 0 unspecified atom stereocenters. The maximum absolute atomic E-state index is 15.1. The molecule has 0 aromatic heterocycles. The molecule has 4 aromatic rings. The van der Waals surface area contributed by atoms with E-state index < -0.39 is 5.82 Å². The average molecular weight is 435 g/mol. The van der Waals surface area contributed by atoms with Gasteiger partial charge in [0.2, 0.25) is 0 Å². The van der Waals surface area contributed by atoms with Crippen LogP contribution in [-0.4, -0.2) is 0 Å². The number of aryl methyl sites for hydroxylation is 3. The van der Waals surface area contributed by atoms with Crippen LogP contribution in [0.5, 0.6) is 0 Å². The Morgan fingerprint density at radius 3 is 2.19 bits per heavy atom. The summed E-state index contributed by atoms with van der Waals surface area (Å²) in [7, 11) is 0. The number of unbranched alkanes of at least 4 members (excludes halogenated alkanes) is 1. The fraction of sp³-hybridized carbons (Fsp3) is 0.214. The molecule has 0 N–H and O–H groups in total. The second-order valence-electron chi connectivity index (χ2n) is 8.02. The Kier molecular flexibility index (Phi) is 6.67. The summed E-state index contributed by atoms with van der Waals surface area (Å²) in [5, 5.41) is 1.60. The molecule has 0 nitrogen and oxygen atoms in total. The van der Waals surface area contributed by atoms with Crippen LogP contribution in [0.4, 0.5) is 8.78 Å². The van der Waals surface area contributed by atoms with Crippen LogP contribution in [0.3, 0.4) is 0 Å². The van der Waals surface area contributed by atoms with E-state index >= 15 is 4.39 Å². The third kappa shape index (κ3) is 4.97. The van der Waals surface area contributed by atoms with E-state index in [2.05, 4.69) is 31.2 Å². The van der Waals surface area contributed by atoms with E-state index in [1.54, 1.807) is 12.1 Å².